The lowest BCUT2D eigenvalue weighted by molar-refractivity contribution is 0.0669. The lowest BCUT2D eigenvalue weighted by atomic mass is 9.96. The monoisotopic (exact) mass is 205 g/mol. The van der Waals surface area contributed by atoms with Crippen LogP contribution in [0.25, 0.3) is 11.0 Å². The van der Waals surface area contributed by atoms with Gasteiger partial charge in [-0.1, -0.05) is 6.07 Å². The Labute approximate surface area is 88.3 Å². The van der Waals surface area contributed by atoms with Gasteiger partial charge in [0.1, 0.15) is 0 Å². The molecule has 80 valence electrons. The quantitative estimate of drug-likeness (QED) is 0.760. The standard InChI is InChI=1S/C11H15N3O/c1-11(15,6-12)8-3-4-10-9(5-8)13-7-14(10)2/h3-5,7,15H,6,12H2,1-2H3. The molecule has 0 aliphatic rings. The van der Waals surface area contributed by atoms with Gasteiger partial charge in [0.2, 0.25) is 0 Å². The number of aliphatic hydroxyl groups is 1. The average Bonchev–Trinajstić information content (AvgIpc) is 2.60. The normalized spacial score (nSPS) is 15.5. The maximum Gasteiger partial charge on any atom is 0.0990 e. The van der Waals surface area contributed by atoms with Crippen LogP contribution in [0.1, 0.15) is 12.5 Å². The van der Waals surface area contributed by atoms with E-state index in [0.29, 0.717) is 0 Å². The van der Waals surface area contributed by atoms with Gasteiger partial charge >= 0.3 is 0 Å². The first-order valence-electron chi connectivity index (χ1n) is 4.88. The SMILES string of the molecule is Cn1cnc2cc(C(C)(O)CN)ccc21. The number of benzene rings is 1. The molecule has 4 nitrogen and oxygen atoms in total. The predicted octanol–water partition coefficient (Wildman–Crippen LogP) is 0.739. The third kappa shape index (κ3) is 1.62. The number of aryl methyl sites for hydroxylation is 1. The average molecular weight is 205 g/mol. The zero-order chi connectivity index (χ0) is 11.1. The largest absolute Gasteiger partial charge is 0.384 e. The number of nitrogens with zero attached hydrogens (tertiary/aromatic N) is 2. The van der Waals surface area contributed by atoms with E-state index in [1.54, 1.807) is 13.3 Å². The number of hydrogen-bond donors (Lipinski definition) is 2. The number of fused-ring (bicyclic) bond motifs is 1. The summed E-state index contributed by atoms with van der Waals surface area (Å²) >= 11 is 0. The van der Waals surface area contributed by atoms with Crippen LogP contribution in [0.15, 0.2) is 24.5 Å². The van der Waals surface area contributed by atoms with E-state index in [9.17, 15) is 5.11 Å². The Morgan fingerprint density at radius 2 is 2.27 bits per heavy atom. The van der Waals surface area contributed by atoms with Gasteiger partial charge in [-0.05, 0) is 24.6 Å². The van der Waals surface area contributed by atoms with Crippen LogP contribution in [-0.4, -0.2) is 21.2 Å². The first-order valence-corrected chi connectivity index (χ1v) is 4.88. The van der Waals surface area contributed by atoms with E-state index in [1.807, 2.05) is 29.8 Å². The van der Waals surface area contributed by atoms with Crippen molar-refractivity contribution in [1.82, 2.24) is 9.55 Å². The smallest absolute Gasteiger partial charge is 0.0990 e. The third-order valence-corrected chi connectivity index (χ3v) is 2.74. The number of hydrogen-bond acceptors (Lipinski definition) is 3. The molecule has 1 unspecified atom stereocenters. The maximum atomic E-state index is 10.0. The van der Waals surface area contributed by atoms with Crippen LogP contribution in [0.5, 0.6) is 0 Å². The highest BCUT2D eigenvalue weighted by Crippen LogP contribution is 2.22. The van der Waals surface area contributed by atoms with Crippen molar-refractivity contribution in [3.8, 4) is 0 Å². The summed E-state index contributed by atoms with van der Waals surface area (Å²) in [6, 6.07) is 5.71. The van der Waals surface area contributed by atoms with Gasteiger partial charge in [0.25, 0.3) is 0 Å². The van der Waals surface area contributed by atoms with E-state index in [0.717, 1.165) is 16.6 Å². The van der Waals surface area contributed by atoms with Crippen LogP contribution in [0.2, 0.25) is 0 Å². The Morgan fingerprint density at radius 3 is 2.93 bits per heavy atom. The van der Waals surface area contributed by atoms with Crippen LogP contribution in [-0.2, 0) is 12.6 Å². The molecule has 2 aromatic rings. The molecule has 1 aromatic carbocycles. The van der Waals surface area contributed by atoms with Gasteiger partial charge in [-0.2, -0.15) is 0 Å². The summed E-state index contributed by atoms with van der Waals surface area (Å²) in [4.78, 5) is 4.24. The summed E-state index contributed by atoms with van der Waals surface area (Å²) in [7, 11) is 1.94. The van der Waals surface area contributed by atoms with E-state index < -0.39 is 5.60 Å². The lowest BCUT2D eigenvalue weighted by Crippen LogP contribution is -2.31. The second kappa shape index (κ2) is 3.32. The van der Waals surface area contributed by atoms with E-state index in [1.165, 1.54) is 0 Å². The molecule has 0 spiro atoms. The molecule has 0 amide bonds. The van der Waals surface area contributed by atoms with E-state index in [4.69, 9.17) is 5.73 Å². The minimum absolute atomic E-state index is 0.200. The summed E-state index contributed by atoms with van der Waals surface area (Å²) in [6.07, 6.45) is 1.76. The Hall–Kier alpha value is -1.39. The highest BCUT2D eigenvalue weighted by Gasteiger charge is 2.21. The van der Waals surface area contributed by atoms with Gasteiger partial charge < -0.3 is 15.4 Å². The van der Waals surface area contributed by atoms with Crippen LogP contribution in [0.4, 0.5) is 0 Å². The summed E-state index contributed by atoms with van der Waals surface area (Å²) in [5.41, 5.74) is 7.26. The molecule has 1 atom stereocenters. The number of rotatable bonds is 2. The fraction of sp³-hybridized carbons (Fsp3) is 0.364. The fourth-order valence-corrected chi connectivity index (χ4v) is 1.59. The zero-order valence-electron chi connectivity index (χ0n) is 8.94. The second-order valence-corrected chi connectivity index (χ2v) is 4.04. The van der Waals surface area contributed by atoms with Gasteiger partial charge in [-0.15, -0.1) is 0 Å². The summed E-state index contributed by atoms with van der Waals surface area (Å²) in [5.74, 6) is 0. The van der Waals surface area contributed by atoms with Crippen LogP contribution in [0, 0.1) is 0 Å². The fourth-order valence-electron chi connectivity index (χ4n) is 1.59. The Bertz CT molecular complexity index is 488. The first-order chi connectivity index (χ1) is 7.04. The van der Waals surface area contributed by atoms with Crippen molar-refractivity contribution in [2.24, 2.45) is 12.8 Å². The van der Waals surface area contributed by atoms with Crippen molar-refractivity contribution in [3.05, 3.63) is 30.1 Å². The maximum absolute atomic E-state index is 10.0. The molecular weight excluding hydrogens is 190 g/mol. The lowest BCUT2D eigenvalue weighted by Gasteiger charge is -2.21. The molecule has 0 saturated heterocycles. The van der Waals surface area contributed by atoms with E-state index >= 15 is 0 Å². The van der Waals surface area contributed by atoms with E-state index in [2.05, 4.69) is 4.98 Å². The van der Waals surface area contributed by atoms with Crippen LogP contribution >= 0.6 is 0 Å². The Morgan fingerprint density at radius 1 is 1.53 bits per heavy atom. The minimum atomic E-state index is -0.980. The van der Waals surface area contributed by atoms with E-state index in [-0.39, 0.29) is 6.54 Å². The van der Waals surface area contributed by atoms with Crippen molar-refractivity contribution in [3.63, 3.8) is 0 Å². The molecule has 0 fully saturated rings. The van der Waals surface area contributed by atoms with Gasteiger partial charge in [0, 0.05) is 13.6 Å². The minimum Gasteiger partial charge on any atom is -0.384 e. The molecule has 3 N–H and O–H groups in total. The number of nitrogens with two attached hydrogens (primary N) is 1. The van der Waals surface area contributed by atoms with Crippen LogP contribution in [0.3, 0.4) is 0 Å². The topological polar surface area (TPSA) is 64.1 Å². The molecule has 4 heteroatoms. The molecule has 1 aromatic heterocycles. The highest BCUT2D eigenvalue weighted by atomic mass is 16.3. The molecule has 0 aliphatic carbocycles. The van der Waals surface area contributed by atoms with Gasteiger partial charge in [-0.3, -0.25) is 0 Å². The predicted molar refractivity (Wildman–Crippen MR) is 59.3 cm³/mol. The van der Waals surface area contributed by atoms with Crippen molar-refractivity contribution >= 4 is 11.0 Å². The second-order valence-electron chi connectivity index (χ2n) is 4.04. The van der Waals surface area contributed by atoms with Gasteiger partial charge in [0.05, 0.1) is 23.0 Å². The summed E-state index contributed by atoms with van der Waals surface area (Å²) in [5, 5.41) is 10.0. The Balaban J connectivity index is 2.57. The summed E-state index contributed by atoms with van der Waals surface area (Å²) in [6.45, 7) is 1.91. The van der Waals surface area contributed by atoms with Crippen molar-refractivity contribution in [2.45, 2.75) is 12.5 Å². The van der Waals surface area contributed by atoms with Crippen LogP contribution < -0.4 is 5.73 Å². The number of imidazole rings is 1. The molecule has 0 aliphatic heterocycles. The molecule has 2 rings (SSSR count). The molecule has 0 radical (unpaired) electrons. The van der Waals surface area contributed by atoms with Crippen molar-refractivity contribution in [2.75, 3.05) is 6.54 Å². The third-order valence-electron chi connectivity index (χ3n) is 2.74. The highest BCUT2D eigenvalue weighted by molar-refractivity contribution is 5.76. The zero-order valence-corrected chi connectivity index (χ0v) is 8.94. The first kappa shape index (κ1) is 10.1. The molecule has 0 saturated carbocycles. The number of aromatic nitrogens is 2. The molecule has 0 bridgehead atoms. The van der Waals surface area contributed by atoms with Gasteiger partial charge in [-0.25, -0.2) is 4.98 Å². The van der Waals surface area contributed by atoms with Gasteiger partial charge in [0.15, 0.2) is 0 Å². The van der Waals surface area contributed by atoms with Crippen molar-refractivity contribution < 1.29 is 5.11 Å². The van der Waals surface area contributed by atoms with Crippen molar-refractivity contribution in [1.29, 1.82) is 0 Å². The molecular formula is C11H15N3O. The summed E-state index contributed by atoms with van der Waals surface area (Å²) < 4.78 is 1.94. The molecule has 1 heterocycles. The molecule has 15 heavy (non-hydrogen) atoms. The Kier molecular flexibility index (Phi) is 2.25.